The number of alkyl halides is 3. The molecule has 0 heterocycles. The maximum atomic E-state index is 13.8. The molecule has 0 N–H and O–H groups in total. The molecule has 1 aromatic rings. The third-order valence-corrected chi connectivity index (χ3v) is 2.51. The van der Waals surface area contributed by atoms with Crippen LogP contribution >= 0.6 is 0 Å². The predicted octanol–water partition coefficient (Wildman–Crippen LogP) is 3.54. The maximum absolute atomic E-state index is 13.8. The van der Waals surface area contributed by atoms with E-state index < -0.39 is 17.6 Å². The molecule has 1 rings (SSSR count). The Morgan fingerprint density at radius 3 is 2.41 bits per heavy atom. The van der Waals surface area contributed by atoms with E-state index in [1.54, 1.807) is 0 Å². The van der Waals surface area contributed by atoms with Gasteiger partial charge in [0.15, 0.2) is 0 Å². The third kappa shape index (κ3) is 3.05. The Kier molecular flexibility index (Phi) is 4.26. The zero-order valence-electron chi connectivity index (χ0n) is 9.27. The summed E-state index contributed by atoms with van der Waals surface area (Å²) in [5, 5.41) is 0. The number of hydrogen-bond acceptors (Lipinski definition) is 1. The van der Waals surface area contributed by atoms with Crippen molar-refractivity contribution in [1.82, 2.24) is 0 Å². The average molecular weight is 248 g/mol. The van der Waals surface area contributed by atoms with E-state index in [9.17, 15) is 22.4 Å². The highest BCUT2D eigenvalue weighted by molar-refractivity contribution is 5.50. The number of halogens is 4. The maximum Gasteiger partial charge on any atom is 0.416 e. The van der Waals surface area contributed by atoms with Gasteiger partial charge in [-0.05, 0) is 24.5 Å². The number of aldehydes is 1. The van der Waals surface area contributed by atoms with Crippen LogP contribution < -0.4 is 0 Å². The Labute approximate surface area is 96.4 Å². The molecule has 0 atom stereocenters. The molecule has 0 amide bonds. The van der Waals surface area contributed by atoms with Crippen molar-refractivity contribution in [3.63, 3.8) is 0 Å². The van der Waals surface area contributed by atoms with E-state index in [4.69, 9.17) is 0 Å². The van der Waals surface area contributed by atoms with Crippen molar-refractivity contribution < 1.29 is 22.4 Å². The molecule has 1 nitrogen and oxygen atoms in total. The van der Waals surface area contributed by atoms with Gasteiger partial charge >= 0.3 is 6.18 Å². The number of carbonyl (C=O) groups excluding carboxylic acids is 1. The van der Waals surface area contributed by atoms with Crippen LogP contribution in [0.1, 0.15) is 30.0 Å². The van der Waals surface area contributed by atoms with Gasteiger partial charge in [-0.25, -0.2) is 4.39 Å². The Bertz CT molecular complexity index is 410. The van der Waals surface area contributed by atoms with E-state index in [1.807, 2.05) is 0 Å². The van der Waals surface area contributed by atoms with Gasteiger partial charge < -0.3 is 4.79 Å². The van der Waals surface area contributed by atoms with Crippen LogP contribution in [-0.4, -0.2) is 6.29 Å². The minimum Gasteiger partial charge on any atom is -0.303 e. The highest BCUT2D eigenvalue weighted by Gasteiger charge is 2.34. The summed E-state index contributed by atoms with van der Waals surface area (Å²) in [5.74, 6) is -0.843. The lowest BCUT2D eigenvalue weighted by molar-refractivity contribution is -0.138. The molecule has 1 aromatic carbocycles. The van der Waals surface area contributed by atoms with Gasteiger partial charge in [-0.2, -0.15) is 13.2 Å². The first-order valence-corrected chi connectivity index (χ1v) is 5.22. The van der Waals surface area contributed by atoms with E-state index in [2.05, 4.69) is 0 Å². The van der Waals surface area contributed by atoms with Crippen molar-refractivity contribution in [2.45, 2.75) is 32.4 Å². The van der Waals surface area contributed by atoms with Crippen LogP contribution in [-0.2, 0) is 23.8 Å². The Morgan fingerprint density at radius 1 is 1.29 bits per heavy atom. The molecular weight excluding hydrogens is 236 g/mol. The zero-order valence-corrected chi connectivity index (χ0v) is 9.27. The quantitative estimate of drug-likeness (QED) is 0.588. The second-order valence-electron chi connectivity index (χ2n) is 3.62. The monoisotopic (exact) mass is 248 g/mol. The summed E-state index contributed by atoms with van der Waals surface area (Å²) in [5.41, 5.74) is -1.12. The van der Waals surface area contributed by atoms with Crippen LogP contribution in [0.5, 0.6) is 0 Å². The highest BCUT2D eigenvalue weighted by Crippen LogP contribution is 2.34. The van der Waals surface area contributed by atoms with Crippen LogP contribution in [0.4, 0.5) is 17.6 Å². The molecular formula is C12H12F4O. The molecule has 0 aromatic heterocycles. The second kappa shape index (κ2) is 5.29. The summed E-state index contributed by atoms with van der Waals surface area (Å²) in [6.45, 7) is 1.47. The Balaban J connectivity index is 3.22. The fraction of sp³-hybridized carbons (Fsp3) is 0.417. The molecule has 0 saturated heterocycles. The Hall–Kier alpha value is -1.39. The summed E-state index contributed by atoms with van der Waals surface area (Å²) < 4.78 is 51.5. The smallest absolute Gasteiger partial charge is 0.303 e. The number of benzene rings is 1. The normalized spacial score (nSPS) is 11.6. The fourth-order valence-electron chi connectivity index (χ4n) is 1.69. The summed E-state index contributed by atoms with van der Waals surface area (Å²) in [7, 11) is 0. The van der Waals surface area contributed by atoms with Crippen LogP contribution in [0.2, 0.25) is 0 Å². The molecule has 0 fully saturated rings. The van der Waals surface area contributed by atoms with Gasteiger partial charge in [-0.3, -0.25) is 0 Å². The van der Waals surface area contributed by atoms with Gasteiger partial charge in [0, 0.05) is 12.0 Å². The summed E-state index contributed by atoms with van der Waals surface area (Å²) in [4.78, 5) is 10.2. The van der Waals surface area contributed by atoms with Gasteiger partial charge in [-0.15, -0.1) is 0 Å². The third-order valence-electron chi connectivity index (χ3n) is 2.51. The SMILES string of the molecule is CCc1c(C(F)(F)F)ccc(CCC=O)c1F. The first-order valence-electron chi connectivity index (χ1n) is 5.22. The van der Waals surface area contributed by atoms with Gasteiger partial charge in [-0.1, -0.05) is 13.0 Å². The lowest BCUT2D eigenvalue weighted by Crippen LogP contribution is -2.12. The van der Waals surface area contributed by atoms with E-state index in [0.29, 0.717) is 6.29 Å². The molecule has 0 aliphatic carbocycles. The zero-order chi connectivity index (χ0) is 13.1. The molecule has 0 spiro atoms. The molecule has 0 unspecified atom stereocenters. The highest BCUT2D eigenvalue weighted by atomic mass is 19.4. The van der Waals surface area contributed by atoms with Crippen molar-refractivity contribution in [1.29, 1.82) is 0 Å². The molecule has 17 heavy (non-hydrogen) atoms. The lowest BCUT2D eigenvalue weighted by Gasteiger charge is -2.14. The first-order chi connectivity index (χ1) is 7.91. The standard InChI is InChI=1S/C12H12F4O/c1-2-9-10(12(14,15)16)6-5-8(11(9)13)4-3-7-17/h5-7H,2-4H2,1H3. The van der Waals surface area contributed by atoms with Crippen LogP contribution in [0.15, 0.2) is 12.1 Å². The van der Waals surface area contributed by atoms with E-state index in [-0.39, 0.29) is 30.4 Å². The number of carbonyl (C=O) groups is 1. The van der Waals surface area contributed by atoms with E-state index in [0.717, 1.165) is 12.1 Å². The van der Waals surface area contributed by atoms with Crippen molar-refractivity contribution in [3.05, 3.63) is 34.6 Å². The minimum atomic E-state index is -4.55. The van der Waals surface area contributed by atoms with Gasteiger partial charge in [0.25, 0.3) is 0 Å². The molecule has 94 valence electrons. The number of rotatable bonds is 4. The average Bonchev–Trinajstić information content (AvgIpc) is 2.25. The fourth-order valence-corrected chi connectivity index (χ4v) is 1.69. The predicted molar refractivity (Wildman–Crippen MR) is 55.2 cm³/mol. The summed E-state index contributed by atoms with van der Waals surface area (Å²) in [6.07, 6.45) is -3.74. The molecule has 0 aliphatic rings. The van der Waals surface area contributed by atoms with Gasteiger partial charge in [0.05, 0.1) is 5.56 Å². The minimum absolute atomic E-state index is 0.0321. The van der Waals surface area contributed by atoms with E-state index in [1.165, 1.54) is 6.92 Å². The molecule has 0 radical (unpaired) electrons. The summed E-state index contributed by atoms with van der Waals surface area (Å²) >= 11 is 0. The molecule has 0 bridgehead atoms. The second-order valence-corrected chi connectivity index (χ2v) is 3.62. The first kappa shape index (κ1) is 13.7. The molecule has 0 saturated carbocycles. The molecule has 5 heteroatoms. The van der Waals surface area contributed by atoms with Gasteiger partial charge in [0.2, 0.25) is 0 Å². The van der Waals surface area contributed by atoms with Crippen LogP contribution in [0.3, 0.4) is 0 Å². The van der Waals surface area contributed by atoms with Crippen molar-refractivity contribution in [2.75, 3.05) is 0 Å². The van der Waals surface area contributed by atoms with Crippen LogP contribution in [0, 0.1) is 5.82 Å². The van der Waals surface area contributed by atoms with Crippen molar-refractivity contribution in [2.24, 2.45) is 0 Å². The number of hydrogen-bond donors (Lipinski definition) is 0. The van der Waals surface area contributed by atoms with E-state index >= 15 is 0 Å². The van der Waals surface area contributed by atoms with Crippen LogP contribution in [0.25, 0.3) is 0 Å². The Morgan fingerprint density at radius 2 is 1.94 bits per heavy atom. The van der Waals surface area contributed by atoms with Gasteiger partial charge in [0.1, 0.15) is 12.1 Å². The largest absolute Gasteiger partial charge is 0.416 e. The lowest BCUT2D eigenvalue weighted by atomic mass is 9.98. The topological polar surface area (TPSA) is 17.1 Å². The van der Waals surface area contributed by atoms with Crippen molar-refractivity contribution >= 4 is 6.29 Å². The summed E-state index contributed by atoms with van der Waals surface area (Å²) in [6, 6.07) is 1.98. The number of aryl methyl sites for hydroxylation is 1. The van der Waals surface area contributed by atoms with Crippen molar-refractivity contribution in [3.8, 4) is 0 Å². The molecule has 0 aliphatic heterocycles.